The van der Waals surface area contributed by atoms with Crippen molar-refractivity contribution in [1.82, 2.24) is 0 Å². The van der Waals surface area contributed by atoms with Crippen LogP contribution in [-0.4, -0.2) is 5.11 Å². The first-order chi connectivity index (χ1) is 8.56. The Morgan fingerprint density at radius 3 is 2.39 bits per heavy atom. The lowest BCUT2D eigenvalue weighted by Gasteiger charge is -2.16. The largest absolute Gasteiger partial charge is 0.506 e. The number of aromatic hydroxyl groups is 1. The Hall–Kier alpha value is -1.67. The third-order valence-electron chi connectivity index (χ3n) is 2.91. The fourth-order valence-electron chi connectivity index (χ4n) is 1.79. The zero-order valence-electron chi connectivity index (χ0n) is 10.4. The average Bonchev–Trinajstić information content (AvgIpc) is 2.34. The fraction of sp³-hybridized carbons (Fsp3) is 0.200. The second kappa shape index (κ2) is 5.32. The lowest BCUT2D eigenvalue weighted by molar-refractivity contribution is 0.475. The Morgan fingerprint density at radius 1 is 1.11 bits per heavy atom. The van der Waals surface area contributed by atoms with E-state index in [1.165, 1.54) is 11.1 Å². The van der Waals surface area contributed by atoms with Crippen molar-refractivity contribution in [2.45, 2.75) is 19.9 Å². The summed E-state index contributed by atoms with van der Waals surface area (Å²) >= 11 is 5.87. The summed E-state index contributed by atoms with van der Waals surface area (Å²) in [4.78, 5) is 0. The molecule has 0 heterocycles. The molecule has 0 radical (unpaired) electrons. The summed E-state index contributed by atoms with van der Waals surface area (Å²) in [6, 6.07) is 13.7. The van der Waals surface area contributed by atoms with Crippen LogP contribution in [0.25, 0.3) is 0 Å². The van der Waals surface area contributed by atoms with Crippen molar-refractivity contribution in [1.29, 1.82) is 0 Å². The molecule has 2 rings (SSSR count). The number of anilines is 1. The van der Waals surface area contributed by atoms with E-state index in [4.69, 9.17) is 11.6 Å². The van der Waals surface area contributed by atoms with Gasteiger partial charge in [0.05, 0.1) is 5.02 Å². The van der Waals surface area contributed by atoms with E-state index in [1.807, 2.05) is 6.07 Å². The van der Waals surface area contributed by atoms with Gasteiger partial charge in [-0.25, -0.2) is 0 Å². The van der Waals surface area contributed by atoms with Crippen LogP contribution in [0.3, 0.4) is 0 Å². The molecular weight excluding hydrogens is 246 g/mol. The van der Waals surface area contributed by atoms with Crippen LogP contribution >= 0.6 is 11.6 Å². The minimum atomic E-state index is 0.102. The smallest absolute Gasteiger partial charge is 0.134 e. The van der Waals surface area contributed by atoms with E-state index in [0.717, 1.165) is 5.69 Å². The number of phenolic OH excluding ortho intramolecular Hbond substituents is 1. The molecule has 1 unspecified atom stereocenters. The highest BCUT2D eigenvalue weighted by Crippen LogP contribution is 2.28. The quantitative estimate of drug-likeness (QED) is 0.796. The molecule has 0 spiro atoms. The second-order valence-corrected chi connectivity index (χ2v) is 4.85. The standard InChI is InChI=1S/C15H16ClNO/c1-10-3-5-12(6-4-10)11(2)17-13-7-8-15(18)14(16)9-13/h3-9,11,17-18H,1-2H3. The van der Waals surface area contributed by atoms with E-state index in [1.54, 1.807) is 12.1 Å². The third-order valence-corrected chi connectivity index (χ3v) is 3.21. The van der Waals surface area contributed by atoms with Gasteiger partial charge >= 0.3 is 0 Å². The van der Waals surface area contributed by atoms with E-state index in [0.29, 0.717) is 5.02 Å². The van der Waals surface area contributed by atoms with Crippen LogP contribution in [0.15, 0.2) is 42.5 Å². The highest BCUT2D eigenvalue weighted by atomic mass is 35.5. The van der Waals surface area contributed by atoms with Gasteiger partial charge in [-0.1, -0.05) is 41.4 Å². The SMILES string of the molecule is Cc1ccc(C(C)Nc2ccc(O)c(Cl)c2)cc1. The predicted octanol–water partition coefficient (Wildman–Crippen LogP) is 4.53. The normalized spacial score (nSPS) is 12.2. The zero-order valence-corrected chi connectivity index (χ0v) is 11.2. The first-order valence-electron chi connectivity index (χ1n) is 5.88. The van der Waals surface area contributed by atoms with Gasteiger partial charge in [0.1, 0.15) is 5.75 Å². The summed E-state index contributed by atoms with van der Waals surface area (Å²) in [7, 11) is 0. The molecule has 0 bridgehead atoms. The molecule has 2 aromatic carbocycles. The van der Waals surface area contributed by atoms with E-state index >= 15 is 0 Å². The maximum atomic E-state index is 9.37. The molecule has 2 nitrogen and oxygen atoms in total. The third kappa shape index (κ3) is 2.96. The molecule has 18 heavy (non-hydrogen) atoms. The Morgan fingerprint density at radius 2 is 1.78 bits per heavy atom. The minimum absolute atomic E-state index is 0.102. The summed E-state index contributed by atoms with van der Waals surface area (Å²) in [5.74, 6) is 0.102. The van der Waals surface area contributed by atoms with E-state index in [2.05, 4.69) is 43.4 Å². The average molecular weight is 262 g/mol. The lowest BCUT2D eigenvalue weighted by Crippen LogP contribution is -2.06. The van der Waals surface area contributed by atoms with E-state index in [-0.39, 0.29) is 11.8 Å². The number of aryl methyl sites for hydroxylation is 1. The Bertz CT molecular complexity index is 537. The van der Waals surface area contributed by atoms with Crippen molar-refractivity contribution in [2.24, 2.45) is 0 Å². The molecule has 0 saturated heterocycles. The zero-order chi connectivity index (χ0) is 13.1. The number of nitrogens with one attached hydrogen (secondary N) is 1. The van der Waals surface area contributed by atoms with Crippen molar-refractivity contribution in [3.8, 4) is 5.75 Å². The summed E-state index contributed by atoms with van der Waals surface area (Å²) in [5, 5.41) is 13.1. The Kier molecular flexibility index (Phi) is 3.78. The number of benzene rings is 2. The van der Waals surface area contributed by atoms with Gasteiger partial charge in [0, 0.05) is 11.7 Å². The van der Waals surface area contributed by atoms with Crippen molar-refractivity contribution < 1.29 is 5.11 Å². The fourth-order valence-corrected chi connectivity index (χ4v) is 1.97. The van der Waals surface area contributed by atoms with Gasteiger partial charge in [0.25, 0.3) is 0 Å². The molecule has 0 aromatic heterocycles. The van der Waals surface area contributed by atoms with Crippen LogP contribution in [-0.2, 0) is 0 Å². The molecule has 2 aromatic rings. The van der Waals surface area contributed by atoms with E-state index in [9.17, 15) is 5.11 Å². The topological polar surface area (TPSA) is 32.3 Å². The van der Waals surface area contributed by atoms with Gasteiger partial charge in [-0.3, -0.25) is 0 Å². The number of phenols is 1. The van der Waals surface area contributed by atoms with Crippen LogP contribution < -0.4 is 5.32 Å². The lowest BCUT2D eigenvalue weighted by atomic mass is 10.1. The Labute approximate surface area is 112 Å². The molecule has 3 heteroatoms. The molecule has 0 amide bonds. The molecule has 0 aliphatic rings. The van der Waals surface area contributed by atoms with Crippen molar-refractivity contribution in [3.63, 3.8) is 0 Å². The molecule has 2 N–H and O–H groups in total. The van der Waals surface area contributed by atoms with Gasteiger partial charge in [-0.2, -0.15) is 0 Å². The molecule has 0 saturated carbocycles. The van der Waals surface area contributed by atoms with Gasteiger partial charge in [-0.05, 0) is 37.6 Å². The molecule has 0 aliphatic heterocycles. The van der Waals surface area contributed by atoms with Gasteiger partial charge in [0.2, 0.25) is 0 Å². The molecule has 1 atom stereocenters. The molecular formula is C15H16ClNO. The van der Waals surface area contributed by atoms with Gasteiger partial charge < -0.3 is 10.4 Å². The van der Waals surface area contributed by atoms with Crippen LogP contribution in [0, 0.1) is 6.92 Å². The van der Waals surface area contributed by atoms with Crippen LogP contribution in [0.1, 0.15) is 24.1 Å². The van der Waals surface area contributed by atoms with Crippen molar-refractivity contribution >= 4 is 17.3 Å². The number of rotatable bonds is 3. The maximum Gasteiger partial charge on any atom is 0.134 e. The maximum absolute atomic E-state index is 9.37. The van der Waals surface area contributed by atoms with E-state index < -0.39 is 0 Å². The monoisotopic (exact) mass is 261 g/mol. The number of hydrogen-bond donors (Lipinski definition) is 2. The number of halogens is 1. The van der Waals surface area contributed by atoms with Crippen LogP contribution in [0.2, 0.25) is 5.02 Å². The molecule has 94 valence electrons. The van der Waals surface area contributed by atoms with Crippen molar-refractivity contribution in [2.75, 3.05) is 5.32 Å². The molecule has 0 aliphatic carbocycles. The summed E-state index contributed by atoms with van der Waals surface area (Å²) in [6.45, 7) is 4.16. The first-order valence-corrected chi connectivity index (χ1v) is 6.25. The molecule has 0 fully saturated rings. The van der Waals surface area contributed by atoms with Gasteiger partial charge in [-0.15, -0.1) is 0 Å². The van der Waals surface area contributed by atoms with Crippen LogP contribution in [0.4, 0.5) is 5.69 Å². The highest BCUT2D eigenvalue weighted by Gasteiger charge is 2.06. The summed E-state index contributed by atoms with van der Waals surface area (Å²) in [5.41, 5.74) is 3.36. The van der Waals surface area contributed by atoms with Crippen molar-refractivity contribution in [3.05, 3.63) is 58.6 Å². The minimum Gasteiger partial charge on any atom is -0.506 e. The summed E-state index contributed by atoms with van der Waals surface area (Å²) in [6.07, 6.45) is 0. The predicted molar refractivity (Wildman–Crippen MR) is 76.3 cm³/mol. The highest BCUT2D eigenvalue weighted by molar-refractivity contribution is 6.32. The Balaban J connectivity index is 2.13. The second-order valence-electron chi connectivity index (χ2n) is 4.44. The number of hydrogen-bond acceptors (Lipinski definition) is 2. The first kappa shape index (κ1) is 12.8. The summed E-state index contributed by atoms with van der Waals surface area (Å²) < 4.78 is 0. The van der Waals surface area contributed by atoms with Crippen LogP contribution in [0.5, 0.6) is 5.75 Å². The van der Waals surface area contributed by atoms with Gasteiger partial charge in [0.15, 0.2) is 0 Å².